The fourth-order valence-electron chi connectivity index (χ4n) is 6.08. The van der Waals surface area contributed by atoms with Crippen molar-refractivity contribution in [2.75, 3.05) is 39.9 Å². The zero-order chi connectivity index (χ0) is 28.3. The fourth-order valence-corrected chi connectivity index (χ4v) is 6.30. The number of hydrogen-bond donors (Lipinski definition) is 3. The zero-order valence-electron chi connectivity index (χ0n) is 23.4. The summed E-state index contributed by atoms with van der Waals surface area (Å²) in [7, 11) is 1.49. The molecule has 12 heteroatoms. The summed E-state index contributed by atoms with van der Waals surface area (Å²) in [6.45, 7) is 7.79. The Morgan fingerprint density at radius 1 is 1.23 bits per heavy atom. The van der Waals surface area contributed by atoms with Gasteiger partial charge in [0.1, 0.15) is 0 Å². The Labute approximate surface area is 240 Å². The minimum Gasteiger partial charge on any atom is -0.381 e. The zero-order valence-corrected chi connectivity index (χ0v) is 24.2. The van der Waals surface area contributed by atoms with E-state index in [-0.39, 0.29) is 30.2 Å². The summed E-state index contributed by atoms with van der Waals surface area (Å²) in [5, 5.41) is 18.3. The Bertz CT molecular complexity index is 1200. The minimum absolute atomic E-state index is 0.171. The highest BCUT2D eigenvalue weighted by Crippen LogP contribution is 2.34. The molecule has 3 unspecified atom stereocenters. The van der Waals surface area contributed by atoms with Crippen LogP contribution in [0.2, 0.25) is 5.02 Å². The number of piperidine rings is 1. The average molecular weight is 571 g/mol. The number of aliphatic imine (C=N–C) groups is 1. The molecule has 3 saturated heterocycles. The maximum Gasteiger partial charge on any atom is 0.318 e. The van der Waals surface area contributed by atoms with Crippen LogP contribution in [0.1, 0.15) is 38.7 Å². The van der Waals surface area contributed by atoms with Crippen molar-refractivity contribution in [3.8, 4) is 0 Å². The van der Waals surface area contributed by atoms with Crippen LogP contribution >= 0.6 is 11.6 Å². The third kappa shape index (κ3) is 6.54. The van der Waals surface area contributed by atoms with Gasteiger partial charge in [0.05, 0.1) is 23.7 Å². The lowest BCUT2D eigenvalue weighted by Crippen LogP contribution is -2.56. The number of azo groups is 1. The lowest BCUT2D eigenvalue weighted by atomic mass is 9.92. The maximum atomic E-state index is 13.7. The third-order valence-corrected chi connectivity index (χ3v) is 8.42. The van der Waals surface area contributed by atoms with E-state index in [1.807, 2.05) is 49.2 Å². The van der Waals surface area contributed by atoms with Crippen molar-refractivity contribution in [1.29, 1.82) is 0 Å². The molecule has 3 fully saturated rings. The summed E-state index contributed by atoms with van der Waals surface area (Å²) < 4.78 is 5.46. The average Bonchev–Trinajstić information content (AvgIpc) is 3.19. The van der Waals surface area contributed by atoms with Gasteiger partial charge in [0.15, 0.2) is 6.29 Å². The lowest BCUT2D eigenvalue weighted by Gasteiger charge is -2.39. The molecule has 40 heavy (non-hydrogen) atoms. The van der Waals surface area contributed by atoms with E-state index in [9.17, 15) is 9.59 Å². The molecule has 0 aromatic heterocycles. The van der Waals surface area contributed by atoms with Gasteiger partial charge in [-0.05, 0) is 50.8 Å². The van der Waals surface area contributed by atoms with E-state index in [1.54, 1.807) is 0 Å². The van der Waals surface area contributed by atoms with Crippen molar-refractivity contribution in [3.63, 3.8) is 0 Å². The first kappa shape index (κ1) is 28.7. The number of nitrogens with zero attached hydrogens (tertiary/aromatic N) is 5. The van der Waals surface area contributed by atoms with E-state index in [2.05, 4.69) is 31.1 Å². The molecule has 11 nitrogen and oxygen atoms in total. The van der Waals surface area contributed by atoms with Crippen LogP contribution in [0, 0.1) is 5.92 Å². The second-order valence-electron chi connectivity index (χ2n) is 11.4. The molecule has 3 amide bonds. The van der Waals surface area contributed by atoms with Crippen LogP contribution in [0.5, 0.6) is 0 Å². The van der Waals surface area contributed by atoms with Crippen molar-refractivity contribution in [1.82, 2.24) is 25.8 Å². The Balaban J connectivity index is 1.26. The normalized spacial score (nSPS) is 27.1. The van der Waals surface area contributed by atoms with Gasteiger partial charge in [0.25, 0.3) is 5.91 Å². The van der Waals surface area contributed by atoms with Crippen molar-refractivity contribution < 1.29 is 14.3 Å². The summed E-state index contributed by atoms with van der Waals surface area (Å²) in [6.07, 6.45) is 4.19. The number of likely N-dealkylation sites (tertiary alicyclic amines) is 2. The van der Waals surface area contributed by atoms with Crippen molar-refractivity contribution in [2.24, 2.45) is 21.1 Å². The Morgan fingerprint density at radius 3 is 2.77 bits per heavy atom. The molecule has 0 bridgehead atoms. The number of nitrogens with one attached hydrogen (secondary N) is 3. The van der Waals surface area contributed by atoms with Gasteiger partial charge in [0.2, 0.25) is 0 Å². The Kier molecular flexibility index (Phi) is 8.84. The van der Waals surface area contributed by atoms with Gasteiger partial charge in [-0.3, -0.25) is 15.0 Å². The van der Waals surface area contributed by atoms with Crippen LogP contribution in [0.4, 0.5) is 4.79 Å². The van der Waals surface area contributed by atoms with Gasteiger partial charge in [-0.25, -0.2) is 9.79 Å². The first-order valence-electron chi connectivity index (χ1n) is 14.0. The van der Waals surface area contributed by atoms with E-state index in [1.165, 1.54) is 7.05 Å². The Morgan fingerprint density at radius 2 is 2.02 bits per heavy atom. The first-order valence-corrected chi connectivity index (χ1v) is 14.4. The van der Waals surface area contributed by atoms with E-state index >= 15 is 0 Å². The summed E-state index contributed by atoms with van der Waals surface area (Å²) in [6, 6.07) is 7.65. The molecular weight excluding hydrogens is 532 g/mol. The lowest BCUT2D eigenvalue weighted by molar-refractivity contribution is -0.124. The van der Waals surface area contributed by atoms with E-state index < -0.39 is 5.54 Å². The number of urea groups is 1. The SMILES string of the molecule is CN=NC(=O)C1CC(NC(=O)N2CC3=NC(NC4CCOCC4)NC=C3C2(C)C)CN(Cc2cccc(Cl)c2)C1. The monoisotopic (exact) mass is 570 g/mol. The van der Waals surface area contributed by atoms with Crippen LogP contribution in [-0.4, -0.2) is 91.3 Å². The number of amides is 3. The number of halogens is 1. The molecule has 0 radical (unpaired) electrons. The minimum atomic E-state index is -0.541. The number of fused-ring (bicyclic) bond motifs is 1. The summed E-state index contributed by atoms with van der Waals surface area (Å²) >= 11 is 6.20. The molecule has 216 valence electrons. The summed E-state index contributed by atoms with van der Waals surface area (Å²) in [5.74, 6) is -0.622. The van der Waals surface area contributed by atoms with Crippen LogP contribution in [-0.2, 0) is 16.1 Å². The molecular formula is C28H39ClN8O3. The first-order chi connectivity index (χ1) is 19.2. The van der Waals surface area contributed by atoms with Crippen LogP contribution in [0.3, 0.4) is 0 Å². The smallest absolute Gasteiger partial charge is 0.318 e. The topological polar surface area (TPSA) is 123 Å². The molecule has 3 atom stereocenters. The molecule has 0 spiro atoms. The molecule has 4 aliphatic rings. The molecule has 4 aliphatic heterocycles. The van der Waals surface area contributed by atoms with Gasteiger partial charge in [-0.2, -0.15) is 5.11 Å². The highest BCUT2D eigenvalue weighted by molar-refractivity contribution is 6.30. The molecule has 1 aromatic carbocycles. The van der Waals surface area contributed by atoms with Gasteiger partial charge in [0, 0.05) is 68.8 Å². The number of benzene rings is 1. The molecule has 3 N–H and O–H groups in total. The van der Waals surface area contributed by atoms with Gasteiger partial charge >= 0.3 is 6.03 Å². The summed E-state index contributed by atoms with van der Waals surface area (Å²) in [5.41, 5.74) is 2.43. The van der Waals surface area contributed by atoms with Crippen molar-refractivity contribution in [2.45, 2.75) is 63.6 Å². The largest absolute Gasteiger partial charge is 0.381 e. The second kappa shape index (κ2) is 12.3. The van der Waals surface area contributed by atoms with E-state index in [4.69, 9.17) is 21.3 Å². The van der Waals surface area contributed by atoms with Gasteiger partial charge < -0.3 is 20.3 Å². The van der Waals surface area contributed by atoms with Crippen LogP contribution < -0.4 is 16.0 Å². The molecule has 0 saturated carbocycles. The van der Waals surface area contributed by atoms with Crippen LogP contribution in [0.15, 0.2) is 51.3 Å². The van der Waals surface area contributed by atoms with E-state index in [0.29, 0.717) is 43.7 Å². The Hall–Kier alpha value is -2.86. The highest BCUT2D eigenvalue weighted by Gasteiger charge is 2.46. The number of hydrogen-bond acceptors (Lipinski definition) is 8. The van der Waals surface area contributed by atoms with Crippen LogP contribution in [0.25, 0.3) is 0 Å². The number of carbonyl (C=O) groups is 2. The van der Waals surface area contributed by atoms with E-state index in [0.717, 1.165) is 42.9 Å². The molecule has 5 rings (SSSR count). The number of rotatable bonds is 6. The molecule has 0 aliphatic carbocycles. The molecule has 1 aromatic rings. The van der Waals surface area contributed by atoms with Gasteiger partial charge in [-0.15, -0.1) is 5.11 Å². The highest BCUT2D eigenvalue weighted by atomic mass is 35.5. The number of ether oxygens (including phenoxy) is 1. The van der Waals surface area contributed by atoms with Crippen molar-refractivity contribution >= 4 is 29.3 Å². The van der Waals surface area contributed by atoms with Gasteiger partial charge in [-0.1, -0.05) is 23.7 Å². The maximum absolute atomic E-state index is 13.7. The third-order valence-electron chi connectivity index (χ3n) is 8.18. The summed E-state index contributed by atoms with van der Waals surface area (Å²) in [4.78, 5) is 35.3. The quantitative estimate of drug-likeness (QED) is 0.452. The number of carbonyl (C=O) groups excluding carboxylic acids is 2. The second-order valence-corrected chi connectivity index (χ2v) is 11.9. The fraction of sp³-hybridized carbons (Fsp3) is 0.607. The predicted molar refractivity (Wildman–Crippen MR) is 153 cm³/mol. The van der Waals surface area contributed by atoms with Crippen molar-refractivity contribution in [3.05, 3.63) is 46.6 Å². The molecule has 4 heterocycles. The standard InChI is InChI=1S/C28H39ClN8O3/c1-28(2)23-13-31-26(32-21-7-9-40-10-8-21)34-24(23)17-37(28)27(39)33-22-12-19(25(38)35-30-3)15-36(16-22)14-18-5-4-6-20(29)11-18/h4-6,11,13,19,21-22,26,31-32H,7-10,12,14-17H2,1-3H3,(H,33,39). The predicted octanol–water partition coefficient (Wildman–Crippen LogP) is 2.92.